The van der Waals surface area contributed by atoms with Crippen LogP contribution in [0.25, 0.3) is 0 Å². The topological polar surface area (TPSA) is 12.4 Å². The molecule has 0 spiro atoms. The standard InChI is InChI=1S/C14H23N/c1-7-9-13(10-15-6)12(5)14(8-2)11(3)4/h7-11H,1-6H3/b9-7-,13-12+,14-8-,15-10-. The van der Waals surface area contributed by atoms with Crippen LogP contribution in [0.5, 0.6) is 0 Å². The summed E-state index contributed by atoms with van der Waals surface area (Å²) in [6.07, 6.45) is 8.26. The lowest BCUT2D eigenvalue weighted by molar-refractivity contribution is 0.775. The highest BCUT2D eigenvalue weighted by molar-refractivity contribution is 5.84. The van der Waals surface area contributed by atoms with E-state index in [0.29, 0.717) is 5.92 Å². The van der Waals surface area contributed by atoms with Crippen LogP contribution in [-0.2, 0) is 0 Å². The number of hydrogen-bond acceptors (Lipinski definition) is 1. The highest BCUT2D eigenvalue weighted by Crippen LogP contribution is 2.22. The highest BCUT2D eigenvalue weighted by Gasteiger charge is 2.06. The van der Waals surface area contributed by atoms with E-state index in [0.717, 1.165) is 0 Å². The molecule has 0 amide bonds. The number of allylic oxidation sites excluding steroid dienone is 6. The van der Waals surface area contributed by atoms with E-state index in [1.807, 2.05) is 26.3 Å². The van der Waals surface area contributed by atoms with E-state index in [9.17, 15) is 0 Å². The fourth-order valence-corrected chi connectivity index (χ4v) is 1.73. The van der Waals surface area contributed by atoms with Crippen molar-refractivity contribution in [1.29, 1.82) is 0 Å². The number of nitrogens with zero attached hydrogens (tertiary/aromatic N) is 1. The van der Waals surface area contributed by atoms with Crippen molar-refractivity contribution in [1.82, 2.24) is 0 Å². The predicted molar refractivity (Wildman–Crippen MR) is 70.5 cm³/mol. The van der Waals surface area contributed by atoms with Crippen molar-refractivity contribution in [2.45, 2.75) is 34.6 Å². The molecule has 1 nitrogen and oxygen atoms in total. The number of aliphatic imine (C=N–C) groups is 1. The third kappa shape index (κ3) is 4.28. The molecule has 0 aromatic rings. The molecule has 0 heterocycles. The number of hydrogen-bond donors (Lipinski definition) is 0. The molecule has 0 aliphatic heterocycles. The summed E-state index contributed by atoms with van der Waals surface area (Å²) < 4.78 is 0. The van der Waals surface area contributed by atoms with Gasteiger partial charge >= 0.3 is 0 Å². The molecule has 15 heavy (non-hydrogen) atoms. The maximum absolute atomic E-state index is 4.09. The van der Waals surface area contributed by atoms with Crippen LogP contribution >= 0.6 is 0 Å². The van der Waals surface area contributed by atoms with Gasteiger partial charge in [0.2, 0.25) is 0 Å². The Morgan fingerprint density at radius 1 is 1.20 bits per heavy atom. The Labute approximate surface area is 94.3 Å². The summed E-state index contributed by atoms with van der Waals surface area (Å²) >= 11 is 0. The molecule has 0 N–H and O–H groups in total. The first-order valence-corrected chi connectivity index (χ1v) is 5.50. The Hall–Kier alpha value is -1.11. The molecular formula is C14H23N. The minimum absolute atomic E-state index is 0.556. The van der Waals surface area contributed by atoms with E-state index in [1.54, 1.807) is 0 Å². The summed E-state index contributed by atoms with van der Waals surface area (Å²) in [5.74, 6) is 0.556. The number of rotatable bonds is 4. The highest BCUT2D eigenvalue weighted by atomic mass is 14.6. The summed E-state index contributed by atoms with van der Waals surface area (Å²) in [6.45, 7) is 10.7. The zero-order valence-corrected chi connectivity index (χ0v) is 10.8. The molecule has 0 unspecified atom stereocenters. The fourth-order valence-electron chi connectivity index (χ4n) is 1.73. The summed E-state index contributed by atoms with van der Waals surface area (Å²) in [7, 11) is 1.81. The molecule has 0 aromatic carbocycles. The van der Waals surface area contributed by atoms with Gasteiger partial charge in [-0.25, -0.2) is 0 Å². The molecule has 0 aliphatic rings. The quantitative estimate of drug-likeness (QED) is 0.482. The second-order valence-corrected chi connectivity index (χ2v) is 3.87. The minimum Gasteiger partial charge on any atom is -0.296 e. The maximum Gasteiger partial charge on any atom is 0.0284 e. The van der Waals surface area contributed by atoms with Crippen LogP contribution in [0, 0.1) is 5.92 Å². The maximum atomic E-state index is 4.09. The fraction of sp³-hybridized carbons (Fsp3) is 0.500. The molecular weight excluding hydrogens is 182 g/mol. The van der Waals surface area contributed by atoms with Gasteiger partial charge in [0.05, 0.1) is 0 Å². The van der Waals surface area contributed by atoms with Gasteiger partial charge < -0.3 is 0 Å². The van der Waals surface area contributed by atoms with Crippen LogP contribution in [-0.4, -0.2) is 13.3 Å². The summed E-state index contributed by atoms with van der Waals surface area (Å²) in [6, 6.07) is 0. The van der Waals surface area contributed by atoms with Crippen LogP contribution in [0.1, 0.15) is 34.6 Å². The zero-order valence-electron chi connectivity index (χ0n) is 10.8. The van der Waals surface area contributed by atoms with Crippen molar-refractivity contribution in [3.63, 3.8) is 0 Å². The summed E-state index contributed by atoms with van der Waals surface area (Å²) in [5, 5.41) is 0. The van der Waals surface area contributed by atoms with Crippen molar-refractivity contribution in [3.05, 3.63) is 34.9 Å². The molecule has 0 atom stereocenters. The van der Waals surface area contributed by atoms with Crippen LogP contribution < -0.4 is 0 Å². The monoisotopic (exact) mass is 205 g/mol. The lowest BCUT2D eigenvalue weighted by Gasteiger charge is -2.13. The van der Waals surface area contributed by atoms with E-state index < -0.39 is 0 Å². The van der Waals surface area contributed by atoms with E-state index in [4.69, 9.17) is 0 Å². The Bertz CT molecular complexity index is 287. The largest absolute Gasteiger partial charge is 0.296 e. The molecule has 0 saturated heterocycles. The van der Waals surface area contributed by atoms with Gasteiger partial charge in [-0.05, 0) is 43.4 Å². The summed E-state index contributed by atoms with van der Waals surface area (Å²) in [5.41, 5.74) is 3.90. The lowest BCUT2D eigenvalue weighted by atomic mass is 9.92. The van der Waals surface area contributed by atoms with Crippen molar-refractivity contribution < 1.29 is 0 Å². The third-order valence-corrected chi connectivity index (χ3v) is 2.41. The van der Waals surface area contributed by atoms with E-state index in [1.165, 1.54) is 16.7 Å². The Morgan fingerprint density at radius 3 is 2.13 bits per heavy atom. The van der Waals surface area contributed by atoms with Crippen LogP contribution in [0.3, 0.4) is 0 Å². The van der Waals surface area contributed by atoms with E-state index in [-0.39, 0.29) is 0 Å². The first-order chi connectivity index (χ1) is 7.08. The van der Waals surface area contributed by atoms with E-state index in [2.05, 4.69) is 44.8 Å². The Balaban J connectivity index is 5.33. The smallest absolute Gasteiger partial charge is 0.0284 e. The molecule has 1 heteroatoms. The molecule has 0 aromatic heterocycles. The second kappa shape index (κ2) is 7.22. The van der Waals surface area contributed by atoms with Gasteiger partial charge in [-0.2, -0.15) is 0 Å². The molecule has 0 rings (SSSR count). The average Bonchev–Trinajstić information content (AvgIpc) is 2.17. The molecule has 0 saturated carbocycles. The van der Waals surface area contributed by atoms with Crippen molar-refractivity contribution >= 4 is 6.21 Å². The first-order valence-electron chi connectivity index (χ1n) is 5.50. The average molecular weight is 205 g/mol. The van der Waals surface area contributed by atoms with Crippen LogP contribution in [0.2, 0.25) is 0 Å². The zero-order chi connectivity index (χ0) is 11.8. The summed E-state index contributed by atoms with van der Waals surface area (Å²) in [4.78, 5) is 4.09. The SMILES string of the molecule is C\C=C/C(/C=N\C)=C(C)\C(=C/C)C(C)C. The van der Waals surface area contributed by atoms with Crippen LogP contribution in [0.4, 0.5) is 0 Å². The van der Waals surface area contributed by atoms with Crippen LogP contribution in [0.15, 0.2) is 39.9 Å². The van der Waals surface area contributed by atoms with Crippen molar-refractivity contribution in [3.8, 4) is 0 Å². The van der Waals surface area contributed by atoms with Gasteiger partial charge in [0.1, 0.15) is 0 Å². The Morgan fingerprint density at radius 2 is 1.80 bits per heavy atom. The predicted octanol–water partition coefficient (Wildman–Crippen LogP) is 4.18. The molecule has 0 aliphatic carbocycles. The lowest BCUT2D eigenvalue weighted by Crippen LogP contribution is -1.99. The van der Waals surface area contributed by atoms with Gasteiger partial charge in [0, 0.05) is 13.3 Å². The molecule has 84 valence electrons. The van der Waals surface area contributed by atoms with E-state index >= 15 is 0 Å². The second-order valence-electron chi connectivity index (χ2n) is 3.87. The van der Waals surface area contributed by atoms with Gasteiger partial charge in [0.15, 0.2) is 0 Å². The minimum atomic E-state index is 0.556. The Kier molecular flexibility index (Phi) is 6.68. The first kappa shape index (κ1) is 13.9. The van der Waals surface area contributed by atoms with Gasteiger partial charge in [0.25, 0.3) is 0 Å². The van der Waals surface area contributed by atoms with Gasteiger partial charge in [-0.1, -0.05) is 32.1 Å². The molecule has 0 fully saturated rings. The third-order valence-electron chi connectivity index (χ3n) is 2.41. The molecule has 0 radical (unpaired) electrons. The van der Waals surface area contributed by atoms with Gasteiger partial charge in [-0.3, -0.25) is 4.99 Å². The van der Waals surface area contributed by atoms with Gasteiger partial charge in [-0.15, -0.1) is 0 Å². The van der Waals surface area contributed by atoms with Crippen molar-refractivity contribution in [2.24, 2.45) is 10.9 Å². The molecule has 0 bridgehead atoms. The van der Waals surface area contributed by atoms with Crippen molar-refractivity contribution in [2.75, 3.05) is 7.05 Å². The normalized spacial score (nSPS) is 15.5.